The average molecular weight is 280 g/mol. The van der Waals surface area contributed by atoms with Gasteiger partial charge in [0.05, 0.1) is 0 Å². The molecule has 0 bridgehead atoms. The normalized spacial score (nSPS) is 22.5. The Hall–Kier alpha value is -1.95. The molecule has 1 aromatic rings. The monoisotopic (exact) mass is 279 g/mol. The molecule has 7 heteroatoms. The lowest BCUT2D eigenvalue weighted by Gasteiger charge is -2.29. The molecule has 1 fully saturated rings. The first kappa shape index (κ1) is 12.1. The minimum atomic E-state index is -0.601. The van der Waals surface area contributed by atoms with Crippen LogP contribution in [0.4, 0.5) is 0 Å². The summed E-state index contributed by atoms with van der Waals surface area (Å²) in [6.45, 7) is 0.324. The van der Waals surface area contributed by atoms with E-state index in [4.69, 9.17) is 11.6 Å². The van der Waals surface area contributed by atoms with E-state index >= 15 is 0 Å². The van der Waals surface area contributed by atoms with E-state index in [1.165, 1.54) is 11.0 Å². The summed E-state index contributed by atoms with van der Waals surface area (Å²) in [5.41, 5.74) is 1.23. The zero-order valence-corrected chi connectivity index (χ0v) is 10.6. The smallest absolute Gasteiger partial charge is 0.255 e. The second-order valence-corrected chi connectivity index (χ2v) is 4.95. The number of aromatic nitrogens is 1. The Kier molecular flexibility index (Phi) is 2.74. The number of nitrogens with zero attached hydrogens (tertiary/aromatic N) is 2. The van der Waals surface area contributed by atoms with Crippen molar-refractivity contribution in [3.8, 4) is 0 Å². The minimum absolute atomic E-state index is 0.242. The third kappa shape index (κ3) is 1.98. The number of halogens is 1. The van der Waals surface area contributed by atoms with E-state index in [0.717, 1.165) is 5.56 Å². The molecule has 0 radical (unpaired) electrons. The van der Waals surface area contributed by atoms with Gasteiger partial charge in [0.15, 0.2) is 0 Å². The van der Waals surface area contributed by atoms with Gasteiger partial charge in [-0.3, -0.25) is 19.7 Å². The molecule has 0 aromatic carbocycles. The lowest BCUT2D eigenvalue weighted by molar-refractivity contribution is -0.136. The Morgan fingerprint density at radius 1 is 1.37 bits per heavy atom. The molecule has 0 saturated carbocycles. The number of hydrogen-bond donors (Lipinski definition) is 1. The highest BCUT2D eigenvalue weighted by atomic mass is 35.5. The van der Waals surface area contributed by atoms with Crippen molar-refractivity contribution in [2.24, 2.45) is 0 Å². The van der Waals surface area contributed by atoms with Gasteiger partial charge >= 0.3 is 0 Å². The molecule has 2 aliphatic heterocycles. The first-order valence-electron chi connectivity index (χ1n) is 5.85. The van der Waals surface area contributed by atoms with Crippen molar-refractivity contribution in [3.05, 3.63) is 28.5 Å². The molecule has 1 saturated heterocycles. The van der Waals surface area contributed by atoms with E-state index in [-0.39, 0.29) is 23.4 Å². The van der Waals surface area contributed by atoms with Gasteiger partial charge in [0.2, 0.25) is 11.8 Å². The fraction of sp³-hybridized carbons (Fsp3) is 0.333. The summed E-state index contributed by atoms with van der Waals surface area (Å²) >= 11 is 5.76. The summed E-state index contributed by atoms with van der Waals surface area (Å²) in [6.07, 6.45) is 2.14. The number of imide groups is 1. The largest absolute Gasteiger partial charge is 0.322 e. The van der Waals surface area contributed by atoms with Crippen LogP contribution in [0.15, 0.2) is 12.3 Å². The second-order valence-electron chi connectivity index (χ2n) is 4.56. The highest BCUT2D eigenvalue weighted by molar-refractivity contribution is 6.29. The fourth-order valence-corrected chi connectivity index (χ4v) is 2.58. The van der Waals surface area contributed by atoms with Gasteiger partial charge in [0.25, 0.3) is 5.91 Å². The Balaban J connectivity index is 1.88. The molecule has 3 heterocycles. The number of rotatable bonds is 1. The Labute approximate surface area is 113 Å². The van der Waals surface area contributed by atoms with E-state index in [9.17, 15) is 14.4 Å². The molecule has 98 valence electrons. The molecular weight excluding hydrogens is 270 g/mol. The Bertz CT molecular complexity index is 602. The van der Waals surface area contributed by atoms with Crippen LogP contribution in [-0.2, 0) is 16.1 Å². The number of fused-ring (bicyclic) bond motifs is 1. The molecular formula is C12H10ClN3O3. The first-order chi connectivity index (χ1) is 9.06. The van der Waals surface area contributed by atoms with Crippen LogP contribution in [0.3, 0.4) is 0 Å². The van der Waals surface area contributed by atoms with Crippen molar-refractivity contribution in [1.82, 2.24) is 15.2 Å². The van der Waals surface area contributed by atoms with Crippen LogP contribution in [0.2, 0.25) is 5.15 Å². The quantitative estimate of drug-likeness (QED) is 0.599. The predicted octanol–water partition coefficient (Wildman–Crippen LogP) is 0.496. The number of carbonyl (C=O) groups excluding carboxylic acids is 3. The molecule has 3 amide bonds. The molecule has 1 unspecified atom stereocenters. The number of hydrogen-bond acceptors (Lipinski definition) is 4. The topological polar surface area (TPSA) is 79.4 Å². The highest BCUT2D eigenvalue weighted by Crippen LogP contribution is 2.28. The molecule has 1 atom stereocenters. The number of carbonyl (C=O) groups is 3. The molecule has 6 nitrogen and oxygen atoms in total. The van der Waals surface area contributed by atoms with Crippen LogP contribution >= 0.6 is 11.6 Å². The maximum absolute atomic E-state index is 12.2. The molecule has 0 spiro atoms. The molecule has 3 rings (SSSR count). The van der Waals surface area contributed by atoms with Crippen molar-refractivity contribution in [2.45, 2.75) is 25.4 Å². The predicted molar refractivity (Wildman–Crippen MR) is 65.3 cm³/mol. The maximum atomic E-state index is 12.2. The van der Waals surface area contributed by atoms with Crippen LogP contribution in [-0.4, -0.2) is 33.6 Å². The standard InChI is InChI=1S/C12H10ClN3O3/c13-9-3-7-6(4-14-9)5-16(12(7)19)8-1-2-10(17)15-11(8)18/h3-4,8H,1-2,5H2,(H,15,17,18). The van der Waals surface area contributed by atoms with Gasteiger partial charge in [-0.1, -0.05) is 11.6 Å². The molecule has 19 heavy (non-hydrogen) atoms. The van der Waals surface area contributed by atoms with Crippen molar-refractivity contribution >= 4 is 29.3 Å². The van der Waals surface area contributed by atoms with Crippen molar-refractivity contribution in [1.29, 1.82) is 0 Å². The van der Waals surface area contributed by atoms with Crippen molar-refractivity contribution < 1.29 is 14.4 Å². The molecule has 1 aromatic heterocycles. The third-order valence-electron chi connectivity index (χ3n) is 3.37. The number of piperidine rings is 1. The average Bonchev–Trinajstić information content (AvgIpc) is 2.67. The minimum Gasteiger partial charge on any atom is -0.322 e. The van der Waals surface area contributed by atoms with Crippen LogP contribution in [0.1, 0.15) is 28.8 Å². The van der Waals surface area contributed by atoms with Crippen molar-refractivity contribution in [3.63, 3.8) is 0 Å². The summed E-state index contributed by atoms with van der Waals surface area (Å²) in [5.74, 6) is -0.958. The SMILES string of the molecule is O=C1CCC(N2Cc3cnc(Cl)cc3C2=O)C(=O)N1. The Morgan fingerprint density at radius 2 is 2.16 bits per heavy atom. The first-order valence-corrected chi connectivity index (χ1v) is 6.23. The Morgan fingerprint density at radius 3 is 2.89 bits per heavy atom. The zero-order valence-electron chi connectivity index (χ0n) is 9.85. The third-order valence-corrected chi connectivity index (χ3v) is 3.58. The van der Waals surface area contributed by atoms with Crippen molar-refractivity contribution in [2.75, 3.05) is 0 Å². The molecule has 2 aliphatic rings. The van der Waals surface area contributed by atoms with Crippen LogP contribution in [0.5, 0.6) is 0 Å². The zero-order chi connectivity index (χ0) is 13.6. The lowest BCUT2D eigenvalue weighted by Crippen LogP contribution is -2.52. The summed E-state index contributed by atoms with van der Waals surface area (Å²) in [5, 5.41) is 2.50. The van der Waals surface area contributed by atoms with Gasteiger partial charge in [0, 0.05) is 30.3 Å². The summed E-state index contributed by atoms with van der Waals surface area (Å²) in [6, 6.07) is 0.904. The molecule has 1 N–H and O–H groups in total. The number of pyridine rings is 1. The number of amides is 3. The second kappa shape index (κ2) is 4.31. The summed E-state index contributed by atoms with van der Waals surface area (Å²) < 4.78 is 0. The summed E-state index contributed by atoms with van der Waals surface area (Å²) in [4.78, 5) is 40.5. The highest BCUT2D eigenvalue weighted by Gasteiger charge is 2.39. The van der Waals surface area contributed by atoms with Gasteiger partial charge in [0.1, 0.15) is 11.2 Å². The van der Waals surface area contributed by atoms with E-state index in [1.807, 2.05) is 0 Å². The fourth-order valence-electron chi connectivity index (χ4n) is 2.42. The van der Waals surface area contributed by atoms with Gasteiger partial charge < -0.3 is 4.90 Å². The van der Waals surface area contributed by atoms with E-state index in [0.29, 0.717) is 18.5 Å². The van der Waals surface area contributed by atoms with Gasteiger partial charge in [-0.05, 0) is 12.5 Å². The van der Waals surface area contributed by atoms with Gasteiger partial charge in [-0.25, -0.2) is 4.98 Å². The van der Waals surface area contributed by atoms with Gasteiger partial charge in [-0.2, -0.15) is 0 Å². The van der Waals surface area contributed by atoms with Gasteiger partial charge in [-0.15, -0.1) is 0 Å². The number of nitrogens with one attached hydrogen (secondary N) is 1. The van der Waals surface area contributed by atoms with Crippen LogP contribution in [0.25, 0.3) is 0 Å². The summed E-state index contributed by atoms with van der Waals surface area (Å²) in [7, 11) is 0. The molecule has 0 aliphatic carbocycles. The lowest BCUT2D eigenvalue weighted by atomic mass is 10.0. The van der Waals surface area contributed by atoms with Crippen LogP contribution in [0, 0.1) is 0 Å². The van der Waals surface area contributed by atoms with E-state index in [1.54, 1.807) is 6.20 Å². The van der Waals surface area contributed by atoms with Crippen LogP contribution < -0.4 is 5.32 Å². The maximum Gasteiger partial charge on any atom is 0.255 e. The van der Waals surface area contributed by atoms with E-state index in [2.05, 4.69) is 10.3 Å². The van der Waals surface area contributed by atoms with E-state index < -0.39 is 11.9 Å².